The zero-order valence-corrected chi connectivity index (χ0v) is 12.6. The fourth-order valence-corrected chi connectivity index (χ4v) is 2.99. The number of thiazole rings is 1. The molecule has 0 fully saturated rings. The first-order valence-electron chi connectivity index (χ1n) is 7.10. The van der Waals surface area contributed by atoms with E-state index in [0.717, 1.165) is 21.6 Å². The van der Waals surface area contributed by atoms with Gasteiger partial charge in [0.25, 0.3) is 0 Å². The highest BCUT2D eigenvalue weighted by Gasteiger charge is 2.09. The van der Waals surface area contributed by atoms with E-state index < -0.39 is 0 Å². The molecule has 1 aromatic heterocycles. The number of benzene rings is 1. The zero-order chi connectivity index (χ0) is 13.7. The quantitative estimate of drug-likeness (QED) is 0.572. The summed E-state index contributed by atoms with van der Waals surface area (Å²) in [6, 6.07) is 4.61. The molecule has 0 bridgehead atoms. The minimum absolute atomic E-state index is 0.454. The van der Waals surface area contributed by atoms with E-state index in [9.17, 15) is 0 Å². The third-order valence-corrected chi connectivity index (χ3v) is 4.23. The standard InChI is InChI=1S/C15H23N3S/c1-3-4-5-6-7-11(2)18-12-8-9-13-15(14(12)16)17-10-19-13/h8-11,18H,3-7,16H2,1-2H3. The molecule has 1 aromatic carbocycles. The molecule has 0 saturated carbocycles. The van der Waals surface area contributed by atoms with Crippen LogP contribution in [0.1, 0.15) is 46.0 Å². The Morgan fingerprint density at radius 3 is 2.95 bits per heavy atom. The van der Waals surface area contributed by atoms with E-state index in [1.54, 1.807) is 11.3 Å². The molecule has 3 nitrogen and oxygen atoms in total. The minimum atomic E-state index is 0.454. The van der Waals surface area contributed by atoms with Crippen molar-refractivity contribution in [3.05, 3.63) is 17.6 Å². The lowest BCUT2D eigenvalue weighted by Gasteiger charge is -2.16. The molecule has 2 rings (SSSR count). The van der Waals surface area contributed by atoms with Gasteiger partial charge >= 0.3 is 0 Å². The van der Waals surface area contributed by atoms with Gasteiger partial charge in [-0.05, 0) is 25.5 Å². The van der Waals surface area contributed by atoms with Crippen molar-refractivity contribution in [3.63, 3.8) is 0 Å². The predicted octanol–water partition coefficient (Wildman–Crippen LogP) is 4.65. The van der Waals surface area contributed by atoms with Crippen molar-refractivity contribution < 1.29 is 0 Å². The molecule has 0 aliphatic carbocycles. The predicted molar refractivity (Wildman–Crippen MR) is 85.9 cm³/mol. The summed E-state index contributed by atoms with van der Waals surface area (Å²) in [5.41, 5.74) is 10.7. The molecule has 3 N–H and O–H groups in total. The number of hydrogen-bond acceptors (Lipinski definition) is 4. The van der Waals surface area contributed by atoms with Crippen LogP contribution in [0.5, 0.6) is 0 Å². The fourth-order valence-electron chi connectivity index (χ4n) is 2.29. The molecule has 1 unspecified atom stereocenters. The maximum absolute atomic E-state index is 6.17. The van der Waals surface area contributed by atoms with Crippen LogP contribution in [0.15, 0.2) is 17.6 Å². The van der Waals surface area contributed by atoms with Gasteiger partial charge in [-0.2, -0.15) is 0 Å². The van der Waals surface area contributed by atoms with Crippen molar-refractivity contribution in [2.24, 2.45) is 0 Å². The maximum atomic E-state index is 6.17. The molecule has 0 aliphatic rings. The number of rotatable bonds is 7. The smallest absolute Gasteiger partial charge is 0.106 e. The molecule has 0 amide bonds. The van der Waals surface area contributed by atoms with Crippen LogP contribution in [0.2, 0.25) is 0 Å². The number of fused-ring (bicyclic) bond motifs is 1. The third-order valence-electron chi connectivity index (χ3n) is 3.43. The highest BCUT2D eigenvalue weighted by atomic mass is 32.1. The van der Waals surface area contributed by atoms with E-state index in [0.29, 0.717) is 6.04 Å². The molecule has 2 aromatic rings. The Kier molecular flexibility index (Phi) is 5.02. The summed E-state index contributed by atoms with van der Waals surface area (Å²) in [4.78, 5) is 4.33. The first-order valence-corrected chi connectivity index (χ1v) is 7.98. The van der Waals surface area contributed by atoms with Gasteiger partial charge in [0.1, 0.15) is 5.52 Å². The number of aromatic nitrogens is 1. The number of nitrogens with zero attached hydrogens (tertiary/aromatic N) is 1. The number of nitrogens with one attached hydrogen (secondary N) is 1. The average Bonchev–Trinajstić information content (AvgIpc) is 2.87. The van der Waals surface area contributed by atoms with Gasteiger partial charge in [-0.3, -0.25) is 0 Å². The second-order valence-corrected chi connectivity index (χ2v) is 6.01. The Hall–Kier alpha value is -1.29. The number of hydrogen-bond donors (Lipinski definition) is 2. The summed E-state index contributed by atoms with van der Waals surface area (Å²) in [6.07, 6.45) is 6.41. The van der Waals surface area contributed by atoms with Crippen LogP contribution in [-0.4, -0.2) is 11.0 Å². The summed E-state index contributed by atoms with van der Waals surface area (Å²) in [6.45, 7) is 4.46. The molecule has 0 spiro atoms. The molecule has 0 radical (unpaired) electrons. The zero-order valence-electron chi connectivity index (χ0n) is 11.8. The number of anilines is 2. The first-order chi connectivity index (χ1) is 9.22. The van der Waals surface area contributed by atoms with Crippen LogP contribution in [-0.2, 0) is 0 Å². The van der Waals surface area contributed by atoms with Crippen molar-refractivity contribution in [1.29, 1.82) is 0 Å². The third kappa shape index (κ3) is 3.60. The van der Waals surface area contributed by atoms with E-state index in [1.807, 2.05) is 5.51 Å². The van der Waals surface area contributed by atoms with E-state index >= 15 is 0 Å². The SMILES string of the molecule is CCCCCCC(C)Nc1ccc2scnc2c1N. The monoisotopic (exact) mass is 277 g/mol. The van der Waals surface area contributed by atoms with Crippen LogP contribution in [0.3, 0.4) is 0 Å². The normalized spacial score (nSPS) is 12.7. The largest absolute Gasteiger partial charge is 0.395 e. The topological polar surface area (TPSA) is 50.9 Å². The Morgan fingerprint density at radius 1 is 1.32 bits per heavy atom. The van der Waals surface area contributed by atoms with E-state index in [-0.39, 0.29) is 0 Å². The van der Waals surface area contributed by atoms with Gasteiger partial charge in [0.15, 0.2) is 0 Å². The van der Waals surface area contributed by atoms with Gasteiger partial charge in [-0.25, -0.2) is 4.98 Å². The molecule has 104 valence electrons. The molecule has 19 heavy (non-hydrogen) atoms. The fraction of sp³-hybridized carbons (Fsp3) is 0.533. The summed E-state index contributed by atoms with van der Waals surface area (Å²) in [5.74, 6) is 0. The van der Waals surface area contributed by atoms with Gasteiger partial charge in [0.05, 0.1) is 21.6 Å². The van der Waals surface area contributed by atoms with Crippen LogP contribution >= 0.6 is 11.3 Å². The molecule has 1 atom stereocenters. The second kappa shape index (κ2) is 6.75. The van der Waals surface area contributed by atoms with Gasteiger partial charge in [-0.15, -0.1) is 11.3 Å². The molecule has 0 saturated heterocycles. The Bertz CT molecular complexity index is 521. The van der Waals surface area contributed by atoms with Gasteiger partial charge in [-0.1, -0.05) is 32.6 Å². The minimum Gasteiger partial charge on any atom is -0.395 e. The van der Waals surface area contributed by atoms with Crippen molar-refractivity contribution in [3.8, 4) is 0 Å². The lowest BCUT2D eigenvalue weighted by molar-refractivity contribution is 0.594. The highest BCUT2D eigenvalue weighted by Crippen LogP contribution is 2.30. The van der Waals surface area contributed by atoms with Crippen LogP contribution in [0, 0.1) is 0 Å². The van der Waals surface area contributed by atoms with Crippen molar-refractivity contribution in [1.82, 2.24) is 4.98 Å². The lowest BCUT2D eigenvalue weighted by atomic mass is 10.1. The van der Waals surface area contributed by atoms with E-state index in [2.05, 4.69) is 36.3 Å². The molecule has 1 heterocycles. The lowest BCUT2D eigenvalue weighted by Crippen LogP contribution is -2.16. The summed E-state index contributed by atoms with van der Waals surface area (Å²) in [7, 11) is 0. The Morgan fingerprint density at radius 2 is 2.16 bits per heavy atom. The van der Waals surface area contributed by atoms with Crippen molar-refractivity contribution in [2.75, 3.05) is 11.1 Å². The average molecular weight is 277 g/mol. The van der Waals surface area contributed by atoms with E-state index in [1.165, 1.54) is 32.1 Å². The maximum Gasteiger partial charge on any atom is 0.106 e. The van der Waals surface area contributed by atoms with E-state index in [4.69, 9.17) is 5.73 Å². The van der Waals surface area contributed by atoms with Gasteiger partial charge in [0.2, 0.25) is 0 Å². The van der Waals surface area contributed by atoms with Crippen LogP contribution < -0.4 is 11.1 Å². The first kappa shape index (κ1) is 14.1. The van der Waals surface area contributed by atoms with Crippen molar-refractivity contribution >= 4 is 32.9 Å². The second-order valence-electron chi connectivity index (χ2n) is 5.12. The summed E-state index contributed by atoms with van der Waals surface area (Å²) >= 11 is 1.63. The Balaban J connectivity index is 1.94. The van der Waals surface area contributed by atoms with Gasteiger partial charge < -0.3 is 11.1 Å². The molecular weight excluding hydrogens is 254 g/mol. The highest BCUT2D eigenvalue weighted by molar-refractivity contribution is 7.16. The van der Waals surface area contributed by atoms with Crippen LogP contribution in [0.25, 0.3) is 10.2 Å². The molecular formula is C15H23N3S. The molecule has 0 aliphatic heterocycles. The number of unbranched alkanes of at least 4 members (excludes halogenated alkanes) is 3. The summed E-state index contributed by atoms with van der Waals surface area (Å²) in [5, 5.41) is 3.51. The van der Waals surface area contributed by atoms with Crippen LogP contribution in [0.4, 0.5) is 11.4 Å². The number of nitrogens with two attached hydrogens (primary N) is 1. The number of nitrogen functional groups attached to an aromatic ring is 1. The molecule has 4 heteroatoms. The van der Waals surface area contributed by atoms with Crippen molar-refractivity contribution in [2.45, 2.75) is 52.0 Å². The van der Waals surface area contributed by atoms with Gasteiger partial charge in [0, 0.05) is 6.04 Å². The Labute approximate surface area is 119 Å². The summed E-state index contributed by atoms with van der Waals surface area (Å²) < 4.78 is 1.15.